The number of alkyl halides is 3. The van der Waals surface area contributed by atoms with E-state index in [1.807, 2.05) is 0 Å². The highest BCUT2D eigenvalue weighted by molar-refractivity contribution is 6.07. The molecule has 3 aromatic rings. The topological polar surface area (TPSA) is 96.0 Å². The number of carbonyl (C=O) groups excluding carboxylic acids is 2. The smallest absolute Gasteiger partial charge is 0.422 e. The van der Waals surface area contributed by atoms with Gasteiger partial charge in [0.1, 0.15) is 28.3 Å². The average molecular weight is 530 g/mol. The van der Waals surface area contributed by atoms with E-state index in [0.29, 0.717) is 12.1 Å². The number of ether oxygens (including phenoxy) is 4. The minimum atomic E-state index is -5.31. The Balaban J connectivity index is 2.19. The number of rotatable bonds is 7. The van der Waals surface area contributed by atoms with Gasteiger partial charge < -0.3 is 24.3 Å². The second-order valence-corrected chi connectivity index (χ2v) is 7.01. The lowest BCUT2D eigenvalue weighted by Gasteiger charge is -2.19. The molecule has 0 atom stereocenters. The molecule has 2 aromatic carbocycles. The van der Waals surface area contributed by atoms with Crippen molar-refractivity contribution in [2.24, 2.45) is 0 Å². The van der Waals surface area contributed by atoms with Gasteiger partial charge in [-0.3, -0.25) is 4.79 Å². The Kier molecular flexibility index (Phi) is 7.79. The summed E-state index contributed by atoms with van der Waals surface area (Å²) in [6.07, 6.45) is -4.23. The maximum absolute atomic E-state index is 15.3. The first kappa shape index (κ1) is 27.1. The Hall–Kier alpha value is -4.49. The second-order valence-electron chi connectivity index (χ2n) is 7.01. The fraction of sp³-hybridized carbons (Fsp3) is 0.174. The zero-order chi connectivity index (χ0) is 27.5. The summed E-state index contributed by atoms with van der Waals surface area (Å²) in [4.78, 5) is 28.4. The first-order valence-electron chi connectivity index (χ1n) is 9.96. The van der Waals surface area contributed by atoms with E-state index in [-0.39, 0.29) is 11.4 Å². The monoisotopic (exact) mass is 530 g/mol. The van der Waals surface area contributed by atoms with E-state index < -0.39 is 69.6 Å². The van der Waals surface area contributed by atoms with Crippen LogP contribution in [0.2, 0.25) is 0 Å². The van der Waals surface area contributed by atoms with Gasteiger partial charge in [0.25, 0.3) is 5.91 Å². The zero-order valence-electron chi connectivity index (χ0n) is 19.1. The van der Waals surface area contributed by atoms with Gasteiger partial charge in [-0.25, -0.2) is 18.6 Å². The highest BCUT2D eigenvalue weighted by Crippen LogP contribution is 2.45. The number of carbonyl (C=O) groups is 2. The van der Waals surface area contributed by atoms with Crippen LogP contribution in [-0.2, 0) is 10.9 Å². The van der Waals surface area contributed by atoms with E-state index in [4.69, 9.17) is 9.47 Å². The lowest BCUT2D eigenvalue weighted by atomic mass is 10.0. The molecule has 1 amide bonds. The molecule has 0 saturated carbocycles. The van der Waals surface area contributed by atoms with Crippen LogP contribution in [0, 0.1) is 17.5 Å². The quantitative estimate of drug-likeness (QED) is 0.324. The van der Waals surface area contributed by atoms with Gasteiger partial charge in [0.05, 0.1) is 21.3 Å². The number of nitrogens with zero attached hydrogens (tertiary/aromatic N) is 1. The minimum absolute atomic E-state index is 0.166. The van der Waals surface area contributed by atoms with Crippen LogP contribution in [0.3, 0.4) is 0 Å². The molecule has 37 heavy (non-hydrogen) atoms. The molecule has 196 valence electrons. The van der Waals surface area contributed by atoms with Crippen LogP contribution in [0.15, 0.2) is 36.5 Å². The number of hydrogen-bond acceptors (Lipinski definition) is 7. The van der Waals surface area contributed by atoms with Gasteiger partial charge in [0.2, 0.25) is 11.6 Å². The van der Waals surface area contributed by atoms with Crippen LogP contribution in [0.5, 0.6) is 23.0 Å². The van der Waals surface area contributed by atoms with Gasteiger partial charge in [-0.15, -0.1) is 0 Å². The Labute approximate surface area is 204 Å². The number of methoxy groups -OCH3 is 3. The zero-order valence-corrected chi connectivity index (χ0v) is 19.1. The van der Waals surface area contributed by atoms with E-state index in [2.05, 4.69) is 19.8 Å². The first-order chi connectivity index (χ1) is 17.4. The molecule has 0 saturated heterocycles. The van der Waals surface area contributed by atoms with Crippen molar-refractivity contribution in [1.82, 2.24) is 4.98 Å². The molecule has 1 heterocycles. The molecular formula is C23H16F6N2O6. The molecule has 1 aromatic heterocycles. The van der Waals surface area contributed by atoms with Crippen molar-refractivity contribution in [2.45, 2.75) is 6.18 Å². The molecule has 8 nitrogen and oxygen atoms in total. The van der Waals surface area contributed by atoms with Gasteiger partial charge >= 0.3 is 12.1 Å². The Morgan fingerprint density at radius 2 is 1.59 bits per heavy atom. The molecule has 0 aliphatic rings. The summed E-state index contributed by atoms with van der Waals surface area (Å²) in [5.41, 5.74) is -3.62. The lowest BCUT2D eigenvalue weighted by Crippen LogP contribution is -2.20. The van der Waals surface area contributed by atoms with E-state index in [0.717, 1.165) is 45.7 Å². The van der Waals surface area contributed by atoms with Gasteiger partial charge in [-0.2, -0.15) is 17.6 Å². The van der Waals surface area contributed by atoms with Crippen LogP contribution in [0.1, 0.15) is 26.4 Å². The number of nitrogens with one attached hydrogen (secondary N) is 1. The Morgan fingerprint density at radius 3 is 2.19 bits per heavy atom. The van der Waals surface area contributed by atoms with Gasteiger partial charge in [0, 0.05) is 18.0 Å². The number of aromatic nitrogens is 1. The average Bonchev–Trinajstić information content (AvgIpc) is 2.84. The maximum atomic E-state index is 15.3. The van der Waals surface area contributed by atoms with Crippen molar-refractivity contribution in [3.05, 3.63) is 70.8 Å². The van der Waals surface area contributed by atoms with E-state index in [1.54, 1.807) is 0 Å². The molecular weight excluding hydrogens is 514 g/mol. The predicted octanol–water partition coefficient (Wildman–Crippen LogP) is 5.37. The lowest BCUT2D eigenvalue weighted by molar-refractivity contribution is -0.141. The summed E-state index contributed by atoms with van der Waals surface area (Å²) >= 11 is 0. The predicted molar refractivity (Wildman–Crippen MR) is 114 cm³/mol. The molecule has 0 bridgehead atoms. The molecule has 0 spiro atoms. The number of halogens is 6. The van der Waals surface area contributed by atoms with Crippen LogP contribution >= 0.6 is 0 Å². The third-order valence-electron chi connectivity index (χ3n) is 4.77. The maximum Gasteiger partial charge on any atom is 0.422 e. The highest BCUT2D eigenvalue weighted by Gasteiger charge is 2.41. The summed E-state index contributed by atoms with van der Waals surface area (Å²) in [5, 5.41) is 2.13. The number of amides is 1. The van der Waals surface area contributed by atoms with Gasteiger partial charge in [0.15, 0.2) is 17.4 Å². The molecule has 1 N–H and O–H groups in total. The largest absolute Gasteiger partial charge is 0.496 e. The van der Waals surface area contributed by atoms with E-state index >= 15 is 4.39 Å². The fourth-order valence-electron chi connectivity index (χ4n) is 3.14. The Bertz CT molecular complexity index is 1360. The van der Waals surface area contributed by atoms with Crippen molar-refractivity contribution in [2.75, 3.05) is 26.6 Å². The van der Waals surface area contributed by atoms with Crippen molar-refractivity contribution in [1.29, 1.82) is 0 Å². The molecule has 14 heteroatoms. The number of anilines is 1. The number of esters is 1. The summed E-state index contributed by atoms with van der Waals surface area (Å²) in [5.74, 6) is -10.6. The molecule has 0 aliphatic heterocycles. The number of hydrogen-bond donors (Lipinski definition) is 1. The fourth-order valence-corrected chi connectivity index (χ4v) is 3.14. The van der Waals surface area contributed by atoms with E-state index in [1.165, 1.54) is 0 Å². The van der Waals surface area contributed by atoms with Gasteiger partial charge in [-0.05, 0) is 24.3 Å². The van der Waals surface area contributed by atoms with Crippen LogP contribution in [0.25, 0.3) is 0 Å². The highest BCUT2D eigenvalue weighted by atomic mass is 19.4. The number of pyridine rings is 1. The third-order valence-corrected chi connectivity index (χ3v) is 4.77. The normalized spacial score (nSPS) is 11.1. The minimum Gasteiger partial charge on any atom is -0.496 e. The van der Waals surface area contributed by atoms with E-state index in [9.17, 15) is 31.5 Å². The van der Waals surface area contributed by atoms with Crippen molar-refractivity contribution >= 4 is 17.6 Å². The Morgan fingerprint density at radius 1 is 0.892 bits per heavy atom. The summed E-state index contributed by atoms with van der Waals surface area (Å²) < 4.78 is 103. The summed E-state index contributed by atoms with van der Waals surface area (Å²) in [6, 6.07) is 4.21. The molecule has 3 rings (SSSR count). The first-order valence-corrected chi connectivity index (χ1v) is 9.96. The summed E-state index contributed by atoms with van der Waals surface area (Å²) in [6.45, 7) is 0. The van der Waals surface area contributed by atoms with Crippen LogP contribution < -0.4 is 19.5 Å². The third kappa shape index (κ3) is 5.52. The standard InChI is InChI=1S/C23H16F6N2O6/c1-34-15-9-14(37-13-5-4-11(24)18(25)20(13)35-2)16(19(26)17(15)23(27,28)29)21(32)31-10-6-7-30-12(8-10)22(33)36-3/h4-9H,1-3H3,(H,30,31,32). The molecule has 0 radical (unpaired) electrons. The molecule has 0 unspecified atom stereocenters. The number of benzene rings is 2. The summed E-state index contributed by atoms with van der Waals surface area (Å²) in [7, 11) is 2.84. The van der Waals surface area contributed by atoms with Crippen molar-refractivity contribution in [3.8, 4) is 23.0 Å². The van der Waals surface area contributed by atoms with Crippen LogP contribution in [0.4, 0.5) is 32.0 Å². The second kappa shape index (κ2) is 10.6. The van der Waals surface area contributed by atoms with Crippen molar-refractivity contribution in [3.63, 3.8) is 0 Å². The van der Waals surface area contributed by atoms with Crippen LogP contribution in [-0.4, -0.2) is 38.2 Å². The SMILES string of the molecule is COC(=O)c1cc(NC(=O)c2c(Oc3ccc(F)c(F)c3OC)cc(OC)c(C(F)(F)F)c2F)ccn1. The van der Waals surface area contributed by atoms with Gasteiger partial charge in [-0.1, -0.05) is 0 Å². The molecule has 0 fully saturated rings. The van der Waals surface area contributed by atoms with Crippen molar-refractivity contribution < 1.29 is 54.9 Å². The molecule has 0 aliphatic carbocycles.